The summed E-state index contributed by atoms with van der Waals surface area (Å²) in [5.41, 5.74) is 5.35. The minimum absolute atomic E-state index is 0.0430. The fourth-order valence-electron chi connectivity index (χ4n) is 4.65. The summed E-state index contributed by atoms with van der Waals surface area (Å²) >= 11 is 7.52. The molecular formula is C26H25ClFN5OS. The molecule has 0 radical (unpaired) electrons. The SMILES string of the molecule is Cc1nc2nc(SCC(=O)N[C@H]3CCCc4ccccc43)nn2c(C)c1Cc1c(F)cccc1Cl. The van der Waals surface area contributed by atoms with E-state index in [9.17, 15) is 9.18 Å². The predicted molar refractivity (Wildman–Crippen MR) is 135 cm³/mol. The van der Waals surface area contributed by atoms with Crippen LogP contribution in [0.25, 0.3) is 5.78 Å². The van der Waals surface area contributed by atoms with Crippen molar-refractivity contribution in [3.8, 4) is 0 Å². The molecule has 6 nitrogen and oxygen atoms in total. The summed E-state index contributed by atoms with van der Waals surface area (Å²) in [6, 6.07) is 13.0. The number of fused-ring (bicyclic) bond motifs is 2. The van der Waals surface area contributed by atoms with E-state index in [1.807, 2.05) is 26.0 Å². The van der Waals surface area contributed by atoms with Crippen LogP contribution in [0.2, 0.25) is 5.02 Å². The van der Waals surface area contributed by atoms with Crippen LogP contribution in [0, 0.1) is 19.7 Å². The number of nitrogens with zero attached hydrogens (tertiary/aromatic N) is 4. The van der Waals surface area contributed by atoms with Crippen molar-refractivity contribution in [3.05, 3.63) is 86.9 Å². The average Bonchev–Trinajstić information content (AvgIpc) is 3.25. The van der Waals surface area contributed by atoms with E-state index in [1.165, 1.54) is 29.0 Å². The van der Waals surface area contributed by atoms with Crippen LogP contribution in [0.5, 0.6) is 0 Å². The van der Waals surface area contributed by atoms with E-state index in [1.54, 1.807) is 16.6 Å². The van der Waals surface area contributed by atoms with Gasteiger partial charge in [-0.1, -0.05) is 53.7 Å². The van der Waals surface area contributed by atoms with Crippen molar-refractivity contribution in [2.24, 2.45) is 0 Å². The minimum Gasteiger partial charge on any atom is -0.349 e. The Labute approximate surface area is 212 Å². The number of hydrogen-bond donors (Lipinski definition) is 1. The number of halogens is 2. The zero-order valence-electron chi connectivity index (χ0n) is 19.5. The third kappa shape index (κ3) is 4.90. The maximum absolute atomic E-state index is 14.4. The highest BCUT2D eigenvalue weighted by molar-refractivity contribution is 7.99. The zero-order chi connectivity index (χ0) is 24.5. The number of nitrogens with one attached hydrogen (secondary N) is 1. The summed E-state index contributed by atoms with van der Waals surface area (Å²) in [5.74, 6) is 0.266. The standard InChI is InChI=1S/C26H25ClFN5OS/c1-15-19(13-20-21(27)10-6-11-22(20)28)16(2)33-25(29-15)31-26(32-33)35-14-24(34)30-23-12-5-8-17-7-3-4-9-18(17)23/h3-4,6-7,9-11,23H,5,8,12-14H2,1-2H3,(H,30,34)/t23-/m0/s1. The fraction of sp³-hybridized carbons (Fsp3) is 0.308. The molecule has 5 rings (SSSR count). The molecule has 1 aliphatic carbocycles. The number of thioether (sulfide) groups is 1. The van der Waals surface area contributed by atoms with Gasteiger partial charge < -0.3 is 5.32 Å². The van der Waals surface area contributed by atoms with E-state index in [2.05, 4.69) is 32.5 Å². The summed E-state index contributed by atoms with van der Waals surface area (Å²) in [6.45, 7) is 3.77. The van der Waals surface area contributed by atoms with Crippen LogP contribution in [0.4, 0.5) is 4.39 Å². The van der Waals surface area contributed by atoms with Crippen molar-refractivity contribution in [2.75, 3.05) is 5.75 Å². The number of hydrogen-bond acceptors (Lipinski definition) is 5. The monoisotopic (exact) mass is 509 g/mol. The Bertz CT molecular complexity index is 1400. The van der Waals surface area contributed by atoms with Gasteiger partial charge >= 0.3 is 0 Å². The van der Waals surface area contributed by atoms with Gasteiger partial charge in [0, 0.05) is 28.4 Å². The molecular weight excluding hydrogens is 485 g/mol. The summed E-state index contributed by atoms with van der Waals surface area (Å²) in [4.78, 5) is 21.8. The molecule has 2 aromatic carbocycles. The molecule has 2 aromatic heterocycles. The summed E-state index contributed by atoms with van der Waals surface area (Å²) in [6.07, 6.45) is 3.37. The van der Waals surface area contributed by atoms with Crippen molar-refractivity contribution in [1.82, 2.24) is 24.9 Å². The summed E-state index contributed by atoms with van der Waals surface area (Å²) in [7, 11) is 0. The minimum atomic E-state index is -0.349. The van der Waals surface area contributed by atoms with Gasteiger partial charge in [-0.25, -0.2) is 13.9 Å². The predicted octanol–water partition coefficient (Wildman–Crippen LogP) is 5.41. The van der Waals surface area contributed by atoms with Gasteiger partial charge in [-0.15, -0.1) is 5.10 Å². The van der Waals surface area contributed by atoms with E-state index in [4.69, 9.17) is 11.6 Å². The molecule has 1 amide bonds. The fourth-order valence-corrected chi connectivity index (χ4v) is 5.51. The molecule has 0 bridgehead atoms. The van der Waals surface area contributed by atoms with Crippen LogP contribution in [-0.2, 0) is 17.6 Å². The molecule has 0 aliphatic heterocycles. The first-order chi connectivity index (χ1) is 16.9. The second kappa shape index (κ2) is 9.95. The second-order valence-corrected chi connectivity index (χ2v) is 10.1. The number of aromatic nitrogens is 4. The molecule has 2 heterocycles. The highest BCUT2D eigenvalue weighted by Crippen LogP contribution is 2.30. The van der Waals surface area contributed by atoms with Crippen molar-refractivity contribution in [1.29, 1.82) is 0 Å². The molecule has 0 fully saturated rings. The number of carbonyl (C=O) groups is 1. The van der Waals surface area contributed by atoms with Gasteiger partial charge in [-0.05, 0) is 61.9 Å². The number of aryl methyl sites for hydroxylation is 3. The Hall–Kier alpha value is -2.97. The van der Waals surface area contributed by atoms with Gasteiger partial charge in [0.05, 0.1) is 11.8 Å². The Morgan fingerprint density at radius 2 is 2.00 bits per heavy atom. The van der Waals surface area contributed by atoms with Crippen molar-refractivity contribution >= 4 is 35.0 Å². The normalized spacial score (nSPS) is 15.3. The van der Waals surface area contributed by atoms with Gasteiger partial charge in [-0.3, -0.25) is 4.79 Å². The summed E-state index contributed by atoms with van der Waals surface area (Å²) in [5, 5.41) is 8.57. The average molecular weight is 510 g/mol. The van der Waals surface area contributed by atoms with Gasteiger partial charge in [0.15, 0.2) is 0 Å². The molecule has 0 unspecified atom stereocenters. The molecule has 1 aliphatic rings. The largest absolute Gasteiger partial charge is 0.349 e. The molecule has 0 saturated carbocycles. The Morgan fingerprint density at radius 1 is 1.17 bits per heavy atom. The molecule has 35 heavy (non-hydrogen) atoms. The van der Waals surface area contributed by atoms with Crippen LogP contribution in [0.15, 0.2) is 47.6 Å². The van der Waals surface area contributed by atoms with Crippen LogP contribution < -0.4 is 5.32 Å². The molecule has 0 spiro atoms. The quantitative estimate of drug-likeness (QED) is 0.352. The number of rotatable bonds is 6. The number of benzene rings is 2. The lowest BCUT2D eigenvalue weighted by atomic mass is 9.88. The van der Waals surface area contributed by atoms with Gasteiger partial charge in [0.1, 0.15) is 5.82 Å². The molecule has 9 heteroatoms. The number of carbonyl (C=O) groups excluding carboxylic acids is 1. The van der Waals surface area contributed by atoms with Crippen LogP contribution >= 0.6 is 23.4 Å². The number of amides is 1. The Balaban J connectivity index is 1.30. The van der Waals surface area contributed by atoms with Crippen LogP contribution in [0.3, 0.4) is 0 Å². The first-order valence-corrected chi connectivity index (χ1v) is 12.9. The summed E-state index contributed by atoms with van der Waals surface area (Å²) < 4.78 is 16.0. The third-order valence-electron chi connectivity index (χ3n) is 6.48. The molecule has 0 saturated heterocycles. The van der Waals surface area contributed by atoms with Crippen molar-refractivity contribution in [2.45, 2.75) is 50.7 Å². The van der Waals surface area contributed by atoms with E-state index in [0.717, 1.165) is 36.2 Å². The Kier molecular flexibility index (Phi) is 6.75. The first kappa shape index (κ1) is 23.8. The molecule has 1 atom stereocenters. The lowest BCUT2D eigenvalue weighted by Gasteiger charge is -2.26. The molecule has 180 valence electrons. The highest BCUT2D eigenvalue weighted by Gasteiger charge is 2.22. The van der Waals surface area contributed by atoms with Gasteiger partial charge in [0.25, 0.3) is 5.78 Å². The van der Waals surface area contributed by atoms with Gasteiger partial charge in [-0.2, -0.15) is 4.98 Å². The third-order valence-corrected chi connectivity index (χ3v) is 7.67. The van der Waals surface area contributed by atoms with Gasteiger partial charge in [0.2, 0.25) is 11.1 Å². The van der Waals surface area contributed by atoms with E-state index in [0.29, 0.717) is 27.9 Å². The maximum Gasteiger partial charge on any atom is 0.253 e. The second-order valence-electron chi connectivity index (χ2n) is 8.74. The molecule has 4 aromatic rings. The van der Waals surface area contributed by atoms with E-state index >= 15 is 0 Å². The van der Waals surface area contributed by atoms with E-state index < -0.39 is 0 Å². The topological polar surface area (TPSA) is 72.2 Å². The first-order valence-electron chi connectivity index (χ1n) is 11.6. The lowest BCUT2D eigenvalue weighted by molar-refractivity contribution is -0.119. The van der Waals surface area contributed by atoms with E-state index in [-0.39, 0.29) is 23.5 Å². The van der Waals surface area contributed by atoms with Crippen LogP contribution in [0.1, 0.15) is 52.5 Å². The smallest absolute Gasteiger partial charge is 0.253 e. The molecule has 1 N–H and O–H groups in total. The van der Waals surface area contributed by atoms with Crippen molar-refractivity contribution < 1.29 is 9.18 Å². The maximum atomic E-state index is 14.4. The Morgan fingerprint density at radius 3 is 2.83 bits per heavy atom. The lowest BCUT2D eigenvalue weighted by Crippen LogP contribution is -2.32. The highest BCUT2D eigenvalue weighted by atomic mass is 35.5. The zero-order valence-corrected chi connectivity index (χ0v) is 21.1. The van der Waals surface area contributed by atoms with Crippen LogP contribution in [-0.4, -0.2) is 31.2 Å². The van der Waals surface area contributed by atoms with Crippen molar-refractivity contribution in [3.63, 3.8) is 0 Å².